The van der Waals surface area contributed by atoms with E-state index in [2.05, 4.69) is 9.47 Å². The molecule has 0 heterocycles. The molecule has 0 saturated heterocycles. The third kappa shape index (κ3) is 1.57. The van der Waals surface area contributed by atoms with Crippen molar-refractivity contribution in [2.45, 2.75) is 5.91 Å². The molecule has 4 nitrogen and oxygen atoms in total. The van der Waals surface area contributed by atoms with Gasteiger partial charge in [-0.1, -0.05) is 0 Å². The molecule has 0 aliphatic rings. The molecular weight excluding hydrogens is 110 g/mol. The Balaban J connectivity index is 3.76. The van der Waals surface area contributed by atoms with Crippen molar-refractivity contribution in [1.29, 1.82) is 0 Å². The number of rotatable bonds is 3. The van der Waals surface area contributed by atoms with Crippen molar-refractivity contribution < 1.29 is 14.3 Å². The van der Waals surface area contributed by atoms with Crippen LogP contribution in [0.1, 0.15) is 0 Å². The van der Waals surface area contributed by atoms with E-state index in [1.54, 1.807) is 0 Å². The Bertz CT molecular complexity index is 79.4. The zero-order valence-corrected chi connectivity index (χ0v) is 4.80. The standard InChI is InChI=1S/C4H8NO3/c1-7-4(5,3-6)8-2/h5H2,1-2H3. The highest BCUT2D eigenvalue weighted by Crippen LogP contribution is 1.94. The van der Waals surface area contributed by atoms with Crippen molar-refractivity contribution in [2.75, 3.05) is 14.2 Å². The molecule has 4 heteroatoms. The fourth-order valence-electron chi connectivity index (χ4n) is 0.167. The van der Waals surface area contributed by atoms with Gasteiger partial charge in [0.15, 0.2) is 0 Å². The SMILES string of the molecule is COC(N)([C]=O)OC. The van der Waals surface area contributed by atoms with Crippen molar-refractivity contribution >= 4 is 6.29 Å². The Morgan fingerprint density at radius 1 is 1.50 bits per heavy atom. The maximum absolute atomic E-state index is 9.79. The molecule has 0 aromatic rings. The van der Waals surface area contributed by atoms with Crippen LogP contribution in [-0.4, -0.2) is 26.4 Å². The lowest BCUT2D eigenvalue weighted by molar-refractivity contribution is -0.149. The molecule has 0 unspecified atom stereocenters. The summed E-state index contributed by atoms with van der Waals surface area (Å²) >= 11 is 0. The second kappa shape index (κ2) is 2.76. The Labute approximate surface area is 47.6 Å². The van der Waals surface area contributed by atoms with E-state index in [1.807, 2.05) is 0 Å². The fraction of sp³-hybridized carbons (Fsp3) is 0.750. The molecule has 1 radical (unpaired) electrons. The number of carbonyl (C=O) groups excluding carboxylic acids is 1. The third-order valence-electron chi connectivity index (χ3n) is 0.749. The minimum atomic E-state index is -1.68. The van der Waals surface area contributed by atoms with E-state index >= 15 is 0 Å². The summed E-state index contributed by atoms with van der Waals surface area (Å²) in [5, 5.41) is 0. The summed E-state index contributed by atoms with van der Waals surface area (Å²) in [6.45, 7) is 0. The summed E-state index contributed by atoms with van der Waals surface area (Å²) in [5.74, 6) is -1.68. The summed E-state index contributed by atoms with van der Waals surface area (Å²) in [4.78, 5) is 9.79. The van der Waals surface area contributed by atoms with Gasteiger partial charge in [-0.2, -0.15) is 0 Å². The predicted molar refractivity (Wildman–Crippen MR) is 26.6 cm³/mol. The lowest BCUT2D eigenvalue weighted by Crippen LogP contribution is -2.45. The molecule has 0 fully saturated rings. The topological polar surface area (TPSA) is 61.5 Å². The third-order valence-corrected chi connectivity index (χ3v) is 0.749. The lowest BCUT2D eigenvalue weighted by atomic mass is 10.6. The maximum atomic E-state index is 9.79. The van der Waals surface area contributed by atoms with Crippen molar-refractivity contribution in [3.63, 3.8) is 0 Å². The van der Waals surface area contributed by atoms with E-state index in [0.717, 1.165) is 0 Å². The molecule has 0 aromatic heterocycles. The van der Waals surface area contributed by atoms with Crippen LogP contribution < -0.4 is 5.73 Å². The van der Waals surface area contributed by atoms with Crippen LogP contribution in [-0.2, 0) is 14.3 Å². The van der Waals surface area contributed by atoms with Crippen LogP contribution in [0.2, 0.25) is 0 Å². The Morgan fingerprint density at radius 2 is 1.88 bits per heavy atom. The summed E-state index contributed by atoms with van der Waals surface area (Å²) in [6.07, 6.45) is 1.36. The van der Waals surface area contributed by atoms with Gasteiger partial charge in [-0.05, 0) is 0 Å². The monoisotopic (exact) mass is 118 g/mol. The summed E-state index contributed by atoms with van der Waals surface area (Å²) in [6, 6.07) is 0. The van der Waals surface area contributed by atoms with Crippen molar-refractivity contribution in [3.8, 4) is 0 Å². The first kappa shape index (κ1) is 7.55. The minimum absolute atomic E-state index is 1.26. The van der Waals surface area contributed by atoms with E-state index in [0.29, 0.717) is 0 Å². The van der Waals surface area contributed by atoms with Crippen LogP contribution in [0, 0.1) is 0 Å². The molecule has 47 valence electrons. The van der Waals surface area contributed by atoms with E-state index in [9.17, 15) is 4.79 Å². The van der Waals surface area contributed by atoms with Crippen LogP contribution in [0.25, 0.3) is 0 Å². The normalized spacial score (nSPS) is 11.4. The molecule has 8 heavy (non-hydrogen) atoms. The van der Waals surface area contributed by atoms with Crippen LogP contribution >= 0.6 is 0 Å². The molecule has 2 N–H and O–H groups in total. The smallest absolute Gasteiger partial charge is 0.295 e. The van der Waals surface area contributed by atoms with Gasteiger partial charge in [0.05, 0.1) is 0 Å². The zero-order valence-electron chi connectivity index (χ0n) is 4.80. The molecule has 0 aromatic carbocycles. The molecule has 0 amide bonds. The van der Waals surface area contributed by atoms with Crippen molar-refractivity contribution in [3.05, 3.63) is 0 Å². The van der Waals surface area contributed by atoms with Gasteiger partial charge in [0.2, 0.25) is 0 Å². The van der Waals surface area contributed by atoms with Crippen LogP contribution in [0.4, 0.5) is 0 Å². The van der Waals surface area contributed by atoms with Crippen LogP contribution in [0.15, 0.2) is 0 Å². The maximum Gasteiger partial charge on any atom is 0.295 e. The summed E-state index contributed by atoms with van der Waals surface area (Å²) < 4.78 is 8.74. The van der Waals surface area contributed by atoms with Crippen molar-refractivity contribution in [2.24, 2.45) is 5.73 Å². The number of nitrogens with two attached hydrogens (primary N) is 1. The fourth-order valence-corrected chi connectivity index (χ4v) is 0.167. The van der Waals surface area contributed by atoms with Crippen molar-refractivity contribution in [1.82, 2.24) is 0 Å². The van der Waals surface area contributed by atoms with Gasteiger partial charge in [-0.3, -0.25) is 10.5 Å². The molecule has 0 saturated carbocycles. The largest absolute Gasteiger partial charge is 0.335 e. The first-order valence-electron chi connectivity index (χ1n) is 1.97. The average molecular weight is 118 g/mol. The second-order valence-electron chi connectivity index (χ2n) is 1.18. The van der Waals surface area contributed by atoms with Gasteiger partial charge in [-0.15, -0.1) is 0 Å². The predicted octanol–water partition coefficient (Wildman–Crippen LogP) is -0.999. The van der Waals surface area contributed by atoms with E-state index < -0.39 is 5.91 Å². The average Bonchev–Trinajstić information content (AvgIpc) is 1.87. The Morgan fingerprint density at radius 3 is 1.88 bits per heavy atom. The number of methoxy groups -OCH3 is 2. The van der Waals surface area contributed by atoms with E-state index in [4.69, 9.17) is 5.73 Å². The highest BCUT2D eigenvalue weighted by atomic mass is 16.7. The lowest BCUT2D eigenvalue weighted by Gasteiger charge is -2.16. The highest BCUT2D eigenvalue weighted by molar-refractivity contribution is 5.59. The van der Waals surface area contributed by atoms with Gasteiger partial charge in [0, 0.05) is 14.2 Å². The van der Waals surface area contributed by atoms with E-state index in [1.165, 1.54) is 20.5 Å². The summed E-state index contributed by atoms with van der Waals surface area (Å²) in [5.41, 5.74) is 5.03. The van der Waals surface area contributed by atoms with E-state index in [-0.39, 0.29) is 0 Å². The van der Waals surface area contributed by atoms with Gasteiger partial charge in [0.1, 0.15) is 0 Å². The second-order valence-corrected chi connectivity index (χ2v) is 1.18. The van der Waals surface area contributed by atoms with Crippen LogP contribution in [0.3, 0.4) is 0 Å². The highest BCUT2D eigenvalue weighted by Gasteiger charge is 2.23. The van der Waals surface area contributed by atoms with Gasteiger partial charge >= 0.3 is 0 Å². The first-order chi connectivity index (χ1) is 3.68. The Kier molecular flexibility index (Phi) is 2.60. The van der Waals surface area contributed by atoms with Crippen LogP contribution in [0.5, 0.6) is 0 Å². The number of hydrogen-bond donors (Lipinski definition) is 1. The Hall–Kier alpha value is -0.450. The van der Waals surface area contributed by atoms with Gasteiger partial charge in [-0.25, -0.2) is 0 Å². The number of hydrogen-bond acceptors (Lipinski definition) is 4. The molecule has 0 aliphatic heterocycles. The quantitative estimate of drug-likeness (QED) is 0.483. The minimum Gasteiger partial charge on any atom is -0.335 e. The summed E-state index contributed by atoms with van der Waals surface area (Å²) in [7, 11) is 2.52. The molecular formula is C4H8NO3. The molecule has 0 bridgehead atoms. The molecule has 0 spiro atoms. The molecule has 0 aliphatic carbocycles. The first-order valence-corrected chi connectivity index (χ1v) is 1.97. The van der Waals surface area contributed by atoms with Gasteiger partial charge < -0.3 is 9.47 Å². The number of ether oxygens (including phenoxy) is 2. The van der Waals surface area contributed by atoms with Gasteiger partial charge in [0.25, 0.3) is 12.2 Å². The molecule has 0 rings (SSSR count). The zero-order chi connectivity index (χ0) is 6.62. The molecule has 0 atom stereocenters.